The highest BCUT2D eigenvalue weighted by Gasteiger charge is 2.26. The van der Waals surface area contributed by atoms with Crippen LogP contribution < -0.4 is 20.0 Å². The van der Waals surface area contributed by atoms with Crippen molar-refractivity contribution in [2.45, 2.75) is 13.2 Å². The van der Waals surface area contributed by atoms with Crippen molar-refractivity contribution in [2.24, 2.45) is 0 Å². The Bertz CT molecular complexity index is 1010. The number of hydrogen-bond acceptors (Lipinski definition) is 9. The number of benzene rings is 1. The van der Waals surface area contributed by atoms with Gasteiger partial charge >= 0.3 is 0 Å². The number of rotatable bonds is 7. The Hall–Kier alpha value is -2.82. The Balaban J connectivity index is 1.55. The zero-order valence-electron chi connectivity index (χ0n) is 19.2. The van der Waals surface area contributed by atoms with Crippen LogP contribution in [0.2, 0.25) is 0 Å². The van der Waals surface area contributed by atoms with Crippen LogP contribution in [-0.4, -0.2) is 80.0 Å². The number of carbonyl (C=O) groups excluding carboxylic acids is 1. The molecule has 0 saturated carbocycles. The molecule has 1 atom stereocenters. The molecule has 1 aromatic carbocycles. The Morgan fingerprint density at radius 2 is 1.91 bits per heavy atom. The molecule has 1 amide bonds. The van der Waals surface area contributed by atoms with Crippen molar-refractivity contribution in [1.29, 1.82) is 0 Å². The number of carbonyl (C=O) groups is 1. The van der Waals surface area contributed by atoms with E-state index in [-0.39, 0.29) is 5.24 Å². The van der Waals surface area contributed by atoms with Gasteiger partial charge in [-0.25, -0.2) is 4.98 Å². The number of aliphatic hydroxyl groups excluding tert-OH is 1. The zero-order valence-corrected chi connectivity index (χ0v) is 20.0. The first-order valence-electron chi connectivity index (χ1n) is 11.0. The second kappa shape index (κ2) is 10.4. The van der Waals surface area contributed by atoms with Crippen LogP contribution in [0.25, 0.3) is 6.08 Å². The fourth-order valence-electron chi connectivity index (χ4n) is 3.74. The van der Waals surface area contributed by atoms with E-state index in [0.29, 0.717) is 29.7 Å². The summed E-state index contributed by atoms with van der Waals surface area (Å²) in [5.74, 6) is 1.41. The Morgan fingerprint density at radius 1 is 1.21 bits per heavy atom. The molecule has 2 aromatic rings. The van der Waals surface area contributed by atoms with Crippen LogP contribution in [0.5, 0.6) is 0 Å². The number of nitrogens with one attached hydrogen (secondary N) is 1. The summed E-state index contributed by atoms with van der Waals surface area (Å²) in [5.41, 5.74) is 3.13. The van der Waals surface area contributed by atoms with Gasteiger partial charge in [0, 0.05) is 63.5 Å². The molecule has 0 radical (unpaired) electrons. The van der Waals surface area contributed by atoms with Crippen molar-refractivity contribution in [3.63, 3.8) is 0 Å². The summed E-state index contributed by atoms with van der Waals surface area (Å²) < 4.78 is 5.21. The number of aromatic nitrogens is 2. The van der Waals surface area contributed by atoms with Crippen molar-refractivity contribution in [2.75, 3.05) is 68.2 Å². The van der Waals surface area contributed by atoms with E-state index in [1.54, 1.807) is 13.2 Å². The minimum atomic E-state index is -1.01. The molecule has 3 heterocycles. The van der Waals surface area contributed by atoms with Gasteiger partial charge in [-0.2, -0.15) is 4.98 Å². The number of ether oxygens (including phenoxy) is 1. The van der Waals surface area contributed by atoms with Gasteiger partial charge in [0.2, 0.25) is 5.95 Å². The summed E-state index contributed by atoms with van der Waals surface area (Å²) in [7, 11) is 3.63. The number of methoxy groups -OCH3 is 1. The van der Waals surface area contributed by atoms with E-state index in [9.17, 15) is 9.90 Å². The quantitative estimate of drug-likeness (QED) is 0.632. The number of nitrogens with zero attached hydrogens (tertiary/aromatic N) is 5. The summed E-state index contributed by atoms with van der Waals surface area (Å²) in [6.07, 6.45) is 0.739. The lowest BCUT2D eigenvalue weighted by atomic mass is 10.2. The monoisotopic (exact) mass is 470 g/mol. The fraction of sp³-hybridized carbons (Fsp3) is 0.435. The Kier molecular flexibility index (Phi) is 7.36. The topological polar surface area (TPSA) is 94.1 Å². The summed E-state index contributed by atoms with van der Waals surface area (Å²) in [4.78, 5) is 28.3. The molecule has 4 rings (SSSR count). The molecular formula is C23H30N6O3S. The molecule has 1 unspecified atom stereocenters. The average Bonchev–Trinajstić information content (AvgIpc) is 3.14. The molecule has 33 heavy (non-hydrogen) atoms. The number of aliphatic hydroxyl groups is 1. The maximum Gasteiger partial charge on any atom is 0.285 e. The van der Waals surface area contributed by atoms with E-state index in [4.69, 9.17) is 14.7 Å². The van der Waals surface area contributed by atoms with E-state index in [1.165, 1.54) is 11.3 Å². The van der Waals surface area contributed by atoms with Crippen LogP contribution in [0, 0.1) is 6.92 Å². The average molecular weight is 471 g/mol. The van der Waals surface area contributed by atoms with Gasteiger partial charge in [0.1, 0.15) is 5.82 Å². The second-order valence-corrected chi connectivity index (χ2v) is 9.20. The van der Waals surface area contributed by atoms with Gasteiger partial charge in [-0.15, -0.1) is 0 Å². The normalized spacial score (nSPS) is 19.8. The van der Waals surface area contributed by atoms with E-state index in [0.717, 1.165) is 43.8 Å². The largest absolute Gasteiger partial charge is 0.383 e. The highest BCUT2D eigenvalue weighted by Crippen LogP contribution is 2.29. The second-order valence-electron chi connectivity index (χ2n) is 8.16. The molecular weight excluding hydrogens is 440 g/mol. The summed E-state index contributed by atoms with van der Waals surface area (Å²) >= 11 is 0.984. The molecule has 2 aliphatic heterocycles. The van der Waals surface area contributed by atoms with Crippen molar-refractivity contribution in [3.8, 4) is 0 Å². The number of hydrogen-bond donors (Lipinski definition) is 2. The molecule has 9 nitrogen and oxygen atoms in total. The lowest BCUT2D eigenvalue weighted by Gasteiger charge is -2.36. The SMILES string of the molecule is COCCN(C)c1cc(/C=C2\SC(=O)NC2O)nc(N2CCN(c3ccc(C)cc3)CC2)n1. The molecule has 2 aliphatic rings. The summed E-state index contributed by atoms with van der Waals surface area (Å²) in [6, 6.07) is 10.5. The van der Waals surface area contributed by atoms with E-state index in [1.807, 2.05) is 18.0 Å². The maximum absolute atomic E-state index is 11.6. The van der Waals surface area contributed by atoms with Crippen molar-refractivity contribution >= 4 is 40.5 Å². The maximum atomic E-state index is 11.6. The first-order valence-corrected chi connectivity index (χ1v) is 11.8. The van der Waals surface area contributed by atoms with Gasteiger partial charge < -0.3 is 29.9 Å². The van der Waals surface area contributed by atoms with Gasteiger partial charge in [0.25, 0.3) is 5.24 Å². The van der Waals surface area contributed by atoms with Gasteiger partial charge in [-0.3, -0.25) is 4.79 Å². The van der Waals surface area contributed by atoms with Crippen LogP contribution in [0.15, 0.2) is 35.2 Å². The molecule has 2 N–H and O–H groups in total. The zero-order chi connectivity index (χ0) is 23.4. The standard InChI is InChI=1S/C23H30N6O3S/c1-16-4-6-18(7-5-16)28-8-10-29(11-9-28)22-24-17(14-19-21(30)26-23(31)33-19)15-20(25-22)27(2)12-13-32-3/h4-7,14-15,21,30H,8-13H2,1-3H3,(H,26,31)/b19-14-. The molecule has 2 fully saturated rings. The molecule has 1 aromatic heterocycles. The highest BCUT2D eigenvalue weighted by atomic mass is 32.2. The van der Waals surface area contributed by atoms with E-state index >= 15 is 0 Å². The number of aryl methyl sites for hydroxylation is 1. The van der Waals surface area contributed by atoms with Gasteiger partial charge in [0.05, 0.1) is 12.3 Å². The number of likely N-dealkylation sites (N-methyl/N-ethyl adjacent to an activating group) is 1. The summed E-state index contributed by atoms with van der Waals surface area (Å²) in [6.45, 7) is 6.70. The van der Waals surface area contributed by atoms with Crippen molar-refractivity contribution < 1.29 is 14.6 Å². The molecule has 176 valence electrons. The first kappa shape index (κ1) is 23.3. The highest BCUT2D eigenvalue weighted by molar-refractivity contribution is 8.17. The predicted octanol–water partition coefficient (Wildman–Crippen LogP) is 2.31. The molecule has 0 spiro atoms. The third kappa shape index (κ3) is 5.76. The van der Waals surface area contributed by atoms with Gasteiger partial charge in [0.15, 0.2) is 6.23 Å². The van der Waals surface area contributed by atoms with Crippen molar-refractivity contribution in [3.05, 3.63) is 46.5 Å². The predicted molar refractivity (Wildman–Crippen MR) is 133 cm³/mol. The first-order chi connectivity index (χ1) is 15.9. The van der Waals surface area contributed by atoms with Crippen LogP contribution >= 0.6 is 11.8 Å². The molecule has 10 heteroatoms. The van der Waals surface area contributed by atoms with E-state index < -0.39 is 6.23 Å². The lowest BCUT2D eigenvalue weighted by Crippen LogP contribution is -2.47. The lowest BCUT2D eigenvalue weighted by molar-refractivity contribution is 0.192. The Labute approximate surface area is 198 Å². The minimum absolute atomic E-state index is 0.271. The van der Waals surface area contributed by atoms with Gasteiger partial charge in [-0.05, 0) is 36.9 Å². The Morgan fingerprint density at radius 3 is 2.55 bits per heavy atom. The third-order valence-electron chi connectivity index (χ3n) is 5.73. The molecule has 0 aliphatic carbocycles. The van der Waals surface area contributed by atoms with Crippen LogP contribution in [0.1, 0.15) is 11.3 Å². The smallest absolute Gasteiger partial charge is 0.285 e. The third-order valence-corrected chi connectivity index (χ3v) is 6.61. The number of anilines is 3. The van der Waals surface area contributed by atoms with Gasteiger partial charge in [-0.1, -0.05) is 17.7 Å². The van der Waals surface area contributed by atoms with E-state index in [2.05, 4.69) is 46.3 Å². The molecule has 0 bridgehead atoms. The number of piperazine rings is 1. The van der Waals surface area contributed by atoms with Crippen LogP contribution in [-0.2, 0) is 4.74 Å². The molecule has 2 saturated heterocycles. The van der Waals surface area contributed by atoms with Crippen LogP contribution in [0.4, 0.5) is 22.2 Å². The number of thioether (sulfide) groups is 1. The van der Waals surface area contributed by atoms with Crippen LogP contribution in [0.3, 0.4) is 0 Å². The summed E-state index contributed by atoms with van der Waals surface area (Å²) in [5, 5.41) is 12.3. The fourth-order valence-corrected chi connectivity index (χ4v) is 4.48. The number of amides is 1. The minimum Gasteiger partial charge on any atom is -0.383 e. The van der Waals surface area contributed by atoms with Crippen molar-refractivity contribution in [1.82, 2.24) is 15.3 Å².